The maximum Gasteiger partial charge on any atom is 0.255 e. The molecule has 6 nitrogen and oxygen atoms in total. The van der Waals surface area contributed by atoms with Crippen molar-refractivity contribution in [2.75, 3.05) is 13.2 Å². The molecule has 0 aliphatic carbocycles. The molecule has 1 aromatic rings. The Balaban J connectivity index is 2.56. The zero-order valence-corrected chi connectivity index (χ0v) is 7.18. The number of rotatable bonds is 5. The highest BCUT2D eigenvalue weighted by molar-refractivity contribution is 4.89. The van der Waals surface area contributed by atoms with Crippen LogP contribution in [0.5, 0.6) is 0 Å². The van der Waals surface area contributed by atoms with Crippen molar-refractivity contribution >= 4 is 0 Å². The lowest BCUT2D eigenvalue weighted by atomic mass is 10.2. The van der Waals surface area contributed by atoms with Crippen LogP contribution in [0.2, 0.25) is 0 Å². The number of aliphatic hydroxyl groups excluding tert-OH is 2. The van der Waals surface area contributed by atoms with Gasteiger partial charge < -0.3 is 20.5 Å². The van der Waals surface area contributed by atoms with Gasteiger partial charge in [-0.15, -0.1) is 0 Å². The molecule has 1 aromatic heterocycles. The summed E-state index contributed by atoms with van der Waals surface area (Å²) in [7, 11) is 0. The van der Waals surface area contributed by atoms with Gasteiger partial charge >= 0.3 is 0 Å². The minimum atomic E-state index is -0.801. The second-order valence-corrected chi connectivity index (χ2v) is 2.62. The fourth-order valence-corrected chi connectivity index (χ4v) is 0.886. The van der Waals surface area contributed by atoms with Crippen LogP contribution in [0.3, 0.4) is 0 Å². The average molecular weight is 187 g/mol. The van der Waals surface area contributed by atoms with E-state index in [4.69, 9.17) is 15.4 Å². The highest BCUT2D eigenvalue weighted by Gasteiger charge is 2.14. The third kappa shape index (κ3) is 2.76. The van der Waals surface area contributed by atoms with Crippen LogP contribution in [0.4, 0.5) is 0 Å². The summed E-state index contributed by atoms with van der Waals surface area (Å²) in [4.78, 5) is 3.88. The molecular weight excluding hydrogens is 174 g/mol. The Labute approximate surface area is 75.4 Å². The van der Waals surface area contributed by atoms with Crippen LogP contribution in [-0.4, -0.2) is 33.5 Å². The maximum absolute atomic E-state index is 9.36. The van der Waals surface area contributed by atoms with Crippen LogP contribution in [0, 0.1) is 0 Å². The first kappa shape index (κ1) is 10.1. The number of aromatic nitrogens is 2. The molecule has 0 radical (unpaired) electrons. The van der Waals surface area contributed by atoms with E-state index in [1.165, 1.54) is 0 Å². The van der Waals surface area contributed by atoms with Crippen molar-refractivity contribution in [3.63, 3.8) is 0 Å². The van der Waals surface area contributed by atoms with Crippen molar-refractivity contribution in [1.29, 1.82) is 0 Å². The molecule has 0 aromatic carbocycles. The Morgan fingerprint density at radius 1 is 1.54 bits per heavy atom. The molecule has 0 fully saturated rings. The van der Waals surface area contributed by atoms with Crippen LogP contribution in [0.25, 0.3) is 0 Å². The summed E-state index contributed by atoms with van der Waals surface area (Å²) in [5, 5.41) is 21.5. The molecular formula is C7H13N3O3. The molecule has 0 saturated heterocycles. The van der Waals surface area contributed by atoms with Crippen LogP contribution < -0.4 is 5.73 Å². The highest BCUT2D eigenvalue weighted by atomic mass is 16.5. The van der Waals surface area contributed by atoms with Crippen LogP contribution in [0.1, 0.15) is 24.2 Å². The zero-order chi connectivity index (χ0) is 9.68. The predicted octanol–water partition coefficient (Wildman–Crippen LogP) is -1.01. The summed E-state index contributed by atoms with van der Waals surface area (Å²) in [5.41, 5.74) is 5.24. The van der Waals surface area contributed by atoms with E-state index in [0.29, 0.717) is 25.2 Å². The molecule has 0 spiro atoms. The first-order valence-corrected chi connectivity index (χ1v) is 4.09. The average Bonchev–Trinajstić information content (AvgIpc) is 2.54. The smallest absolute Gasteiger partial charge is 0.255 e. The van der Waals surface area contributed by atoms with Gasteiger partial charge in [0.25, 0.3) is 5.89 Å². The van der Waals surface area contributed by atoms with Crippen LogP contribution >= 0.6 is 0 Å². The van der Waals surface area contributed by atoms with Gasteiger partial charge in [-0.05, 0) is 13.0 Å². The molecule has 0 amide bonds. The number of hydrogen-bond donors (Lipinski definition) is 3. The third-order valence-corrected chi connectivity index (χ3v) is 1.54. The predicted molar refractivity (Wildman–Crippen MR) is 43.7 cm³/mol. The van der Waals surface area contributed by atoms with E-state index in [2.05, 4.69) is 10.1 Å². The van der Waals surface area contributed by atoms with Gasteiger partial charge in [0, 0.05) is 6.42 Å². The lowest BCUT2D eigenvalue weighted by Crippen LogP contribution is -2.07. The summed E-state index contributed by atoms with van der Waals surface area (Å²) in [5.74, 6) is 0.558. The molecule has 1 heterocycles. The van der Waals surface area contributed by atoms with Gasteiger partial charge in [-0.2, -0.15) is 4.98 Å². The van der Waals surface area contributed by atoms with Gasteiger partial charge in [-0.25, -0.2) is 0 Å². The standard InChI is InChI=1S/C7H13N3O3/c8-3-1-5(12)7-9-6(2-4-11)10-13-7/h5,11-12H,1-4,8H2/t5-/m0/s1. The van der Waals surface area contributed by atoms with E-state index in [9.17, 15) is 5.11 Å². The van der Waals surface area contributed by atoms with Gasteiger partial charge in [0.2, 0.25) is 0 Å². The SMILES string of the molecule is NCC[C@H](O)c1nc(CCO)no1. The molecule has 1 atom stereocenters. The summed E-state index contributed by atoms with van der Waals surface area (Å²) >= 11 is 0. The number of nitrogens with two attached hydrogens (primary N) is 1. The van der Waals surface area contributed by atoms with Crippen LogP contribution in [0.15, 0.2) is 4.52 Å². The molecule has 0 saturated carbocycles. The Hall–Kier alpha value is -0.980. The Morgan fingerprint density at radius 2 is 2.31 bits per heavy atom. The molecule has 74 valence electrons. The quantitative estimate of drug-likeness (QED) is 0.545. The van der Waals surface area contributed by atoms with Crippen molar-refractivity contribution in [2.24, 2.45) is 5.73 Å². The first-order chi connectivity index (χ1) is 6.27. The van der Waals surface area contributed by atoms with E-state index < -0.39 is 6.10 Å². The van der Waals surface area contributed by atoms with E-state index in [1.54, 1.807) is 0 Å². The third-order valence-electron chi connectivity index (χ3n) is 1.54. The van der Waals surface area contributed by atoms with Gasteiger partial charge in [-0.3, -0.25) is 0 Å². The fraction of sp³-hybridized carbons (Fsp3) is 0.714. The van der Waals surface area contributed by atoms with Gasteiger partial charge in [0.1, 0.15) is 6.10 Å². The summed E-state index contributed by atoms with van der Waals surface area (Å²) < 4.78 is 4.75. The first-order valence-electron chi connectivity index (χ1n) is 4.09. The van der Waals surface area contributed by atoms with E-state index in [1.807, 2.05) is 0 Å². The minimum Gasteiger partial charge on any atom is -0.396 e. The normalized spacial score (nSPS) is 13.2. The monoisotopic (exact) mass is 187 g/mol. The zero-order valence-electron chi connectivity index (χ0n) is 7.18. The summed E-state index contributed by atoms with van der Waals surface area (Å²) in [6, 6.07) is 0. The van der Waals surface area contributed by atoms with Crippen molar-refractivity contribution in [1.82, 2.24) is 10.1 Å². The lowest BCUT2D eigenvalue weighted by molar-refractivity contribution is 0.127. The molecule has 0 aliphatic rings. The molecule has 0 unspecified atom stereocenters. The van der Waals surface area contributed by atoms with Gasteiger partial charge in [-0.1, -0.05) is 5.16 Å². The Bertz CT molecular complexity index is 251. The number of aliphatic hydroxyl groups is 2. The second-order valence-electron chi connectivity index (χ2n) is 2.62. The largest absolute Gasteiger partial charge is 0.396 e. The lowest BCUT2D eigenvalue weighted by Gasteiger charge is -2.00. The summed E-state index contributed by atoms with van der Waals surface area (Å²) in [6.45, 7) is 0.324. The van der Waals surface area contributed by atoms with Gasteiger partial charge in [0.15, 0.2) is 5.82 Å². The molecule has 0 bridgehead atoms. The second kappa shape index (κ2) is 4.90. The molecule has 1 rings (SSSR count). The Morgan fingerprint density at radius 3 is 2.92 bits per heavy atom. The van der Waals surface area contributed by atoms with E-state index in [0.717, 1.165) is 0 Å². The molecule has 13 heavy (non-hydrogen) atoms. The summed E-state index contributed by atoms with van der Waals surface area (Å²) in [6.07, 6.45) is -0.0792. The highest BCUT2D eigenvalue weighted by Crippen LogP contribution is 2.12. The molecule has 4 N–H and O–H groups in total. The molecule has 0 aliphatic heterocycles. The number of hydrogen-bond acceptors (Lipinski definition) is 6. The van der Waals surface area contributed by atoms with Gasteiger partial charge in [0.05, 0.1) is 6.61 Å². The minimum absolute atomic E-state index is 0.0358. The fourth-order valence-electron chi connectivity index (χ4n) is 0.886. The molecule has 6 heteroatoms. The van der Waals surface area contributed by atoms with Crippen molar-refractivity contribution in [3.8, 4) is 0 Å². The Kier molecular flexibility index (Phi) is 3.81. The van der Waals surface area contributed by atoms with Crippen molar-refractivity contribution < 1.29 is 14.7 Å². The van der Waals surface area contributed by atoms with Crippen LogP contribution in [-0.2, 0) is 6.42 Å². The van der Waals surface area contributed by atoms with E-state index >= 15 is 0 Å². The van der Waals surface area contributed by atoms with Crippen molar-refractivity contribution in [2.45, 2.75) is 18.9 Å². The maximum atomic E-state index is 9.36. The van der Waals surface area contributed by atoms with Crippen molar-refractivity contribution in [3.05, 3.63) is 11.7 Å². The topological polar surface area (TPSA) is 105 Å². The number of nitrogens with zero attached hydrogens (tertiary/aromatic N) is 2. The van der Waals surface area contributed by atoms with E-state index in [-0.39, 0.29) is 12.5 Å².